The number of ether oxygens (including phenoxy) is 1. The fourth-order valence-electron chi connectivity index (χ4n) is 8.27. The zero-order chi connectivity index (χ0) is 33.8. The van der Waals surface area contributed by atoms with Crippen molar-refractivity contribution in [2.45, 2.75) is 63.5 Å². The highest BCUT2D eigenvalue weighted by Crippen LogP contribution is 2.58. The summed E-state index contributed by atoms with van der Waals surface area (Å²) in [7, 11) is 0. The van der Waals surface area contributed by atoms with Crippen LogP contribution >= 0.6 is 0 Å². The molecule has 3 aromatic rings. The summed E-state index contributed by atoms with van der Waals surface area (Å²) in [6, 6.07) is 25.8. The standard InChI is InChI=1S/C37H45N3O7/c1-26-35(3,33(41)42)32(30-16-10-11-17-31(30)40(45)46)37(34(43)44,27(2)38-26)20-24-47-25-23-39-21-18-36(19-22-39,28-12-6-4-7-13-28)29-14-8-5-9-15-29/h4-17,26-27,32,38H,18-25H2,1-3H3,(H,41,42)(H,43,44). The predicted octanol–water partition coefficient (Wildman–Crippen LogP) is 5.71. The third kappa shape index (κ3) is 6.17. The molecule has 5 unspecified atom stereocenters. The highest BCUT2D eigenvalue weighted by atomic mass is 16.6. The lowest BCUT2D eigenvalue weighted by molar-refractivity contribution is -0.386. The van der Waals surface area contributed by atoms with Gasteiger partial charge in [0, 0.05) is 48.2 Å². The second kappa shape index (κ2) is 13.9. The van der Waals surface area contributed by atoms with Gasteiger partial charge in [0.05, 0.1) is 22.4 Å². The first-order chi connectivity index (χ1) is 22.5. The van der Waals surface area contributed by atoms with Gasteiger partial charge in [-0.25, -0.2) is 0 Å². The quantitative estimate of drug-likeness (QED) is 0.129. The zero-order valence-electron chi connectivity index (χ0n) is 27.3. The van der Waals surface area contributed by atoms with E-state index >= 15 is 0 Å². The predicted molar refractivity (Wildman–Crippen MR) is 178 cm³/mol. The molecule has 0 spiro atoms. The van der Waals surface area contributed by atoms with Gasteiger partial charge in [-0.05, 0) is 64.3 Å². The van der Waals surface area contributed by atoms with E-state index in [1.165, 1.54) is 36.2 Å². The molecule has 47 heavy (non-hydrogen) atoms. The van der Waals surface area contributed by atoms with Gasteiger partial charge >= 0.3 is 11.9 Å². The maximum Gasteiger partial charge on any atom is 0.311 e. The Morgan fingerprint density at radius 2 is 1.43 bits per heavy atom. The lowest BCUT2D eigenvalue weighted by Crippen LogP contribution is -2.69. The topological polar surface area (TPSA) is 142 Å². The summed E-state index contributed by atoms with van der Waals surface area (Å²) in [5, 5.41) is 36.7. The molecule has 250 valence electrons. The minimum Gasteiger partial charge on any atom is -0.481 e. The highest BCUT2D eigenvalue weighted by Gasteiger charge is 2.66. The highest BCUT2D eigenvalue weighted by molar-refractivity contribution is 5.84. The van der Waals surface area contributed by atoms with Crippen molar-refractivity contribution in [1.29, 1.82) is 0 Å². The van der Waals surface area contributed by atoms with E-state index in [2.05, 4.69) is 58.7 Å². The Morgan fingerprint density at radius 1 is 0.872 bits per heavy atom. The van der Waals surface area contributed by atoms with Crippen molar-refractivity contribution in [3.63, 3.8) is 0 Å². The normalized spacial score (nSPS) is 27.6. The van der Waals surface area contributed by atoms with Crippen LogP contribution in [0.25, 0.3) is 0 Å². The van der Waals surface area contributed by atoms with Crippen molar-refractivity contribution in [2.75, 3.05) is 32.8 Å². The minimum absolute atomic E-state index is 0.0199. The second-order valence-corrected chi connectivity index (χ2v) is 13.3. The van der Waals surface area contributed by atoms with Gasteiger partial charge in [0.1, 0.15) is 0 Å². The SMILES string of the molecule is CC1NC(C)C(CCOCCN2CCC(c3ccccc3)(c3ccccc3)CC2)(C(=O)O)C(c2ccccc2[N+](=O)[O-])C1(C)C(=O)O. The summed E-state index contributed by atoms with van der Waals surface area (Å²) in [5.74, 6) is -3.63. The molecule has 2 fully saturated rings. The van der Waals surface area contributed by atoms with Crippen LogP contribution in [0, 0.1) is 20.9 Å². The number of piperidine rings is 2. The van der Waals surface area contributed by atoms with Crippen LogP contribution in [0.4, 0.5) is 5.69 Å². The van der Waals surface area contributed by atoms with Gasteiger partial charge in [0.25, 0.3) is 5.69 Å². The number of nitrogens with zero attached hydrogens (tertiary/aromatic N) is 2. The van der Waals surface area contributed by atoms with Gasteiger partial charge in [0.2, 0.25) is 0 Å². The van der Waals surface area contributed by atoms with E-state index in [1.807, 2.05) is 12.1 Å². The van der Waals surface area contributed by atoms with E-state index in [1.54, 1.807) is 19.9 Å². The van der Waals surface area contributed by atoms with Crippen molar-refractivity contribution in [1.82, 2.24) is 10.2 Å². The smallest absolute Gasteiger partial charge is 0.311 e. The van der Waals surface area contributed by atoms with Crippen molar-refractivity contribution in [3.8, 4) is 0 Å². The molecular formula is C37H45N3O7. The molecule has 5 rings (SSSR count). The molecule has 0 bridgehead atoms. The molecule has 3 N–H and O–H groups in total. The molecular weight excluding hydrogens is 598 g/mol. The Morgan fingerprint density at radius 3 is 1.96 bits per heavy atom. The molecule has 10 heteroatoms. The van der Waals surface area contributed by atoms with Crippen LogP contribution in [-0.4, -0.2) is 76.9 Å². The van der Waals surface area contributed by atoms with Crippen molar-refractivity contribution < 1.29 is 29.5 Å². The third-order valence-electron chi connectivity index (χ3n) is 11.2. The molecule has 0 radical (unpaired) electrons. The maximum absolute atomic E-state index is 13.3. The largest absolute Gasteiger partial charge is 0.481 e. The van der Waals surface area contributed by atoms with Crippen molar-refractivity contribution in [2.24, 2.45) is 10.8 Å². The van der Waals surface area contributed by atoms with Crippen LogP contribution < -0.4 is 5.32 Å². The van der Waals surface area contributed by atoms with Crippen LogP contribution in [0.3, 0.4) is 0 Å². The number of aliphatic carboxylic acids is 2. The summed E-state index contributed by atoms with van der Waals surface area (Å²) in [6.07, 6.45) is 1.89. The Hall–Kier alpha value is -4.12. The molecule has 2 saturated heterocycles. The number of benzene rings is 3. The second-order valence-electron chi connectivity index (χ2n) is 13.3. The average Bonchev–Trinajstić information content (AvgIpc) is 3.07. The molecule has 0 aliphatic carbocycles. The first-order valence-corrected chi connectivity index (χ1v) is 16.4. The summed E-state index contributed by atoms with van der Waals surface area (Å²) in [5.41, 5.74) is -0.972. The molecule has 0 saturated carbocycles. The Balaban J connectivity index is 1.31. The minimum atomic E-state index is -1.69. The molecule has 0 amide bonds. The fourth-order valence-corrected chi connectivity index (χ4v) is 8.27. The molecule has 2 aliphatic heterocycles. The number of hydrogen-bond donors (Lipinski definition) is 3. The Kier molecular flexibility index (Phi) is 10.1. The number of likely N-dealkylation sites (tertiary alicyclic amines) is 1. The Labute approximate surface area is 275 Å². The van der Waals surface area contributed by atoms with E-state index in [0.717, 1.165) is 25.9 Å². The number of carboxylic acids is 2. The zero-order valence-corrected chi connectivity index (χ0v) is 27.3. The van der Waals surface area contributed by atoms with E-state index in [4.69, 9.17) is 4.74 Å². The monoisotopic (exact) mass is 643 g/mol. The third-order valence-corrected chi connectivity index (χ3v) is 11.2. The van der Waals surface area contributed by atoms with E-state index in [9.17, 15) is 29.9 Å². The summed E-state index contributed by atoms with van der Waals surface area (Å²) < 4.78 is 6.09. The van der Waals surface area contributed by atoms with E-state index in [0.29, 0.717) is 13.2 Å². The number of rotatable bonds is 12. The van der Waals surface area contributed by atoms with Gasteiger partial charge in [-0.15, -0.1) is 0 Å². The number of carboxylic acid groups (broad SMARTS) is 2. The van der Waals surface area contributed by atoms with Crippen LogP contribution in [0.1, 0.15) is 62.6 Å². The van der Waals surface area contributed by atoms with Gasteiger partial charge in [-0.2, -0.15) is 0 Å². The molecule has 10 nitrogen and oxygen atoms in total. The number of para-hydroxylation sites is 1. The first kappa shape index (κ1) is 34.2. The summed E-state index contributed by atoms with van der Waals surface area (Å²) in [4.78, 5) is 40.1. The van der Waals surface area contributed by atoms with E-state index < -0.39 is 45.7 Å². The van der Waals surface area contributed by atoms with Crippen LogP contribution in [-0.2, 0) is 19.7 Å². The van der Waals surface area contributed by atoms with Gasteiger partial charge < -0.3 is 25.2 Å². The molecule has 3 aromatic carbocycles. The molecule has 5 atom stereocenters. The van der Waals surface area contributed by atoms with Gasteiger partial charge in [-0.1, -0.05) is 78.9 Å². The Bertz CT molecular complexity index is 1520. The summed E-state index contributed by atoms with van der Waals surface area (Å²) >= 11 is 0. The number of nitro groups is 1. The van der Waals surface area contributed by atoms with E-state index in [-0.39, 0.29) is 29.7 Å². The van der Waals surface area contributed by atoms with Crippen LogP contribution in [0.2, 0.25) is 0 Å². The number of hydrogen-bond acceptors (Lipinski definition) is 7. The number of nitrogens with one attached hydrogen (secondary N) is 1. The van der Waals surface area contributed by atoms with Gasteiger partial charge in [0.15, 0.2) is 0 Å². The van der Waals surface area contributed by atoms with Crippen LogP contribution in [0.5, 0.6) is 0 Å². The average molecular weight is 644 g/mol. The molecule has 0 aromatic heterocycles. The van der Waals surface area contributed by atoms with Crippen LogP contribution in [0.15, 0.2) is 84.9 Å². The van der Waals surface area contributed by atoms with Gasteiger partial charge in [-0.3, -0.25) is 19.7 Å². The molecule has 2 aliphatic rings. The fraction of sp³-hybridized carbons (Fsp3) is 0.459. The maximum atomic E-state index is 13.3. The molecule has 2 heterocycles. The number of nitro benzene ring substituents is 1. The van der Waals surface area contributed by atoms with Crippen molar-refractivity contribution in [3.05, 3.63) is 112 Å². The summed E-state index contributed by atoms with van der Waals surface area (Å²) in [6.45, 7) is 7.76. The lowest BCUT2D eigenvalue weighted by atomic mass is 9.51. The number of carbonyl (C=O) groups is 2. The van der Waals surface area contributed by atoms with Crippen molar-refractivity contribution >= 4 is 17.6 Å². The lowest BCUT2D eigenvalue weighted by Gasteiger charge is -2.56. The first-order valence-electron chi connectivity index (χ1n) is 16.4.